The van der Waals surface area contributed by atoms with Gasteiger partial charge < -0.3 is 14.3 Å². The third kappa shape index (κ3) is 5.21. The van der Waals surface area contributed by atoms with Crippen LogP contribution >= 0.6 is 0 Å². The molecule has 5 rings (SSSR count). The summed E-state index contributed by atoms with van der Waals surface area (Å²) in [6, 6.07) is 8.84. The molecule has 8 nitrogen and oxygen atoms in total. The van der Waals surface area contributed by atoms with Gasteiger partial charge in [0.05, 0.1) is 5.69 Å². The van der Waals surface area contributed by atoms with Crippen LogP contribution in [0.3, 0.4) is 0 Å². The topological polar surface area (TPSA) is 64.2 Å². The van der Waals surface area contributed by atoms with E-state index in [-0.39, 0.29) is 6.29 Å². The van der Waals surface area contributed by atoms with E-state index < -0.39 is 0 Å². The number of pyridine rings is 1. The molecule has 2 aliphatic heterocycles. The third-order valence-corrected chi connectivity index (χ3v) is 7.17. The highest BCUT2D eigenvalue weighted by molar-refractivity contribution is 5.92. The number of benzene rings is 1. The largest absolute Gasteiger partial charge is 0.361 e. The minimum atomic E-state index is -0.0288. The number of nitrogens with zero attached hydrogens (tertiary/aromatic N) is 7. The number of aromatic nitrogens is 2. The fourth-order valence-corrected chi connectivity index (χ4v) is 5.24. The second-order valence-electron chi connectivity index (χ2n) is 10.3. The Kier molecular flexibility index (Phi) is 7.18. The summed E-state index contributed by atoms with van der Waals surface area (Å²) in [5.41, 5.74) is 7.78. The van der Waals surface area contributed by atoms with Gasteiger partial charge in [0.2, 0.25) is 0 Å². The minimum absolute atomic E-state index is 0.0288. The van der Waals surface area contributed by atoms with Gasteiger partial charge in [0.1, 0.15) is 5.76 Å². The molecule has 0 amide bonds. The molecule has 0 bridgehead atoms. The zero-order valence-corrected chi connectivity index (χ0v) is 22.1. The standard InChI is InChI=1S/C28H37N7O/c1-20-14-23(17-29-16-20)19-35-26-7-6-24(27-21(2)31-36-22(27)3)15-25(26)18-30-28(35)34-12-10-33(11-13-34)9-8-32(4)5/h6-7,14-18,28H,8-13,19H2,1-5H3. The Morgan fingerprint density at radius 3 is 2.53 bits per heavy atom. The number of aryl methyl sites for hydroxylation is 3. The van der Waals surface area contributed by atoms with Crippen LogP contribution in [-0.4, -0.2) is 90.7 Å². The summed E-state index contributed by atoms with van der Waals surface area (Å²) in [7, 11) is 4.28. The minimum Gasteiger partial charge on any atom is -0.361 e. The van der Waals surface area contributed by atoms with Crippen LogP contribution in [0.1, 0.15) is 28.1 Å². The van der Waals surface area contributed by atoms with Crippen molar-refractivity contribution < 1.29 is 4.52 Å². The lowest BCUT2D eigenvalue weighted by molar-refractivity contribution is 0.0917. The molecule has 2 aromatic heterocycles. The van der Waals surface area contributed by atoms with Crippen LogP contribution in [0.5, 0.6) is 0 Å². The van der Waals surface area contributed by atoms with Crippen molar-refractivity contribution in [3.05, 3.63) is 64.8 Å². The van der Waals surface area contributed by atoms with Crippen molar-refractivity contribution in [2.75, 3.05) is 58.3 Å². The van der Waals surface area contributed by atoms with Crippen LogP contribution < -0.4 is 4.90 Å². The van der Waals surface area contributed by atoms with E-state index in [2.05, 4.69) is 75.0 Å². The van der Waals surface area contributed by atoms with Gasteiger partial charge in [0.15, 0.2) is 6.29 Å². The van der Waals surface area contributed by atoms with Gasteiger partial charge in [-0.3, -0.25) is 19.8 Å². The second kappa shape index (κ2) is 10.5. The van der Waals surface area contributed by atoms with E-state index in [9.17, 15) is 0 Å². The van der Waals surface area contributed by atoms with Gasteiger partial charge in [-0.15, -0.1) is 0 Å². The van der Waals surface area contributed by atoms with Crippen molar-refractivity contribution in [2.45, 2.75) is 33.6 Å². The Morgan fingerprint density at radius 1 is 1.03 bits per heavy atom. The predicted octanol–water partition coefficient (Wildman–Crippen LogP) is 3.56. The summed E-state index contributed by atoms with van der Waals surface area (Å²) in [6.45, 7) is 13.2. The second-order valence-corrected chi connectivity index (χ2v) is 10.3. The maximum atomic E-state index is 5.43. The summed E-state index contributed by atoms with van der Waals surface area (Å²) >= 11 is 0. The fourth-order valence-electron chi connectivity index (χ4n) is 5.24. The first-order chi connectivity index (χ1) is 17.4. The van der Waals surface area contributed by atoms with Crippen LogP contribution in [0.2, 0.25) is 0 Å². The van der Waals surface area contributed by atoms with E-state index >= 15 is 0 Å². The number of anilines is 1. The Balaban J connectivity index is 1.42. The van der Waals surface area contributed by atoms with Crippen molar-refractivity contribution in [3.8, 4) is 11.1 Å². The molecular formula is C28H37N7O. The average Bonchev–Trinajstić information content (AvgIpc) is 3.20. The maximum Gasteiger partial charge on any atom is 0.179 e. The van der Waals surface area contributed by atoms with Gasteiger partial charge in [-0.25, -0.2) is 0 Å². The summed E-state index contributed by atoms with van der Waals surface area (Å²) < 4.78 is 5.43. The monoisotopic (exact) mass is 487 g/mol. The van der Waals surface area contributed by atoms with Gasteiger partial charge in [-0.05, 0) is 63.7 Å². The van der Waals surface area contributed by atoms with Crippen molar-refractivity contribution in [2.24, 2.45) is 4.99 Å². The van der Waals surface area contributed by atoms with Crippen LogP contribution in [-0.2, 0) is 6.54 Å². The van der Waals surface area contributed by atoms with E-state index in [0.29, 0.717) is 0 Å². The molecule has 1 fully saturated rings. The molecule has 36 heavy (non-hydrogen) atoms. The molecule has 190 valence electrons. The normalized spacial score (nSPS) is 18.7. The van der Waals surface area contributed by atoms with Crippen LogP contribution in [0.15, 0.2) is 46.2 Å². The molecule has 0 N–H and O–H groups in total. The predicted molar refractivity (Wildman–Crippen MR) is 145 cm³/mol. The summed E-state index contributed by atoms with van der Waals surface area (Å²) in [4.78, 5) is 19.3. The Labute approximate surface area is 214 Å². The van der Waals surface area contributed by atoms with Gasteiger partial charge >= 0.3 is 0 Å². The summed E-state index contributed by atoms with van der Waals surface area (Å²) in [6.07, 6.45) is 5.90. The smallest absolute Gasteiger partial charge is 0.179 e. The number of likely N-dealkylation sites (N-methyl/N-ethyl adjacent to an activating group) is 1. The van der Waals surface area contributed by atoms with E-state index in [4.69, 9.17) is 9.52 Å². The number of hydrogen-bond donors (Lipinski definition) is 0. The lowest BCUT2D eigenvalue weighted by atomic mass is 9.99. The van der Waals surface area contributed by atoms with Gasteiger partial charge in [0, 0.05) is 81.2 Å². The highest BCUT2D eigenvalue weighted by Crippen LogP contribution is 2.35. The summed E-state index contributed by atoms with van der Waals surface area (Å²) in [5.74, 6) is 0.841. The Hall–Kier alpha value is -3.07. The molecular weight excluding hydrogens is 450 g/mol. The molecule has 1 unspecified atom stereocenters. The van der Waals surface area contributed by atoms with Crippen LogP contribution in [0.4, 0.5) is 5.69 Å². The first-order valence-corrected chi connectivity index (χ1v) is 12.8. The third-order valence-electron chi connectivity index (χ3n) is 7.17. The van der Waals surface area contributed by atoms with E-state index in [1.165, 1.54) is 16.8 Å². The van der Waals surface area contributed by atoms with Gasteiger partial charge in [0.25, 0.3) is 0 Å². The quantitative estimate of drug-likeness (QED) is 0.505. The molecule has 2 aliphatic rings. The molecule has 8 heteroatoms. The molecule has 3 aromatic rings. The van der Waals surface area contributed by atoms with E-state index in [1.54, 1.807) is 0 Å². The number of rotatable bonds is 7. The van der Waals surface area contributed by atoms with Crippen molar-refractivity contribution >= 4 is 11.9 Å². The summed E-state index contributed by atoms with van der Waals surface area (Å²) in [5, 5.41) is 4.15. The number of piperazine rings is 1. The first-order valence-electron chi connectivity index (χ1n) is 12.8. The molecule has 0 spiro atoms. The number of hydrogen-bond acceptors (Lipinski definition) is 8. The number of fused-ring (bicyclic) bond motifs is 1. The Bertz CT molecular complexity index is 1210. The van der Waals surface area contributed by atoms with E-state index in [0.717, 1.165) is 74.0 Å². The fraction of sp³-hybridized carbons (Fsp3) is 0.464. The van der Waals surface area contributed by atoms with Crippen LogP contribution in [0, 0.1) is 20.8 Å². The molecule has 4 heterocycles. The number of aliphatic imine (C=N–C) groups is 1. The SMILES string of the molecule is Cc1cncc(CN2c3ccc(-c4c(C)noc4C)cc3C=NC2N2CCN(CCN(C)C)CC2)c1. The molecule has 0 radical (unpaired) electrons. The van der Waals surface area contributed by atoms with Crippen molar-refractivity contribution in [1.82, 2.24) is 24.8 Å². The first kappa shape index (κ1) is 24.6. The highest BCUT2D eigenvalue weighted by Gasteiger charge is 2.31. The van der Waals surface area contributed by atoms with Gasteiger partial charge in [-0.2, -0.15) is 0 Å². The average molecular weight is 488 g/mol. The van der Waals surface area contributed by atoms with Crippen LogP contribution in [0.25, 0.3) is 11.1 Å². The van der Waals surface area contributed by atoms with Crippen molar-refractivity contribution in [1.29, 1.82) is 0 Å². The maximum absolute atomic E-state index is 5.43. The van der Waals surface area contributed by atoms with Gasteiger partial charge in [-0.1, -0.05) is 17.3 Å². The Morgan fingerprint density at radius 2 is 1.83 bits per heavy atom. The molecule has 0 saturated carbocycles. The molecule has 1 atom stereocenters. The zero-order chi connectivity index (χ0) is 25.2. The zero-order valence-electron chi connectivity index (χ0n) is 22.1. The lowest BCUT2D eigenvalue weighted by Crippen LogP contribution is -2.56. The highest BCUT2D eigenvalue weighted by atomic mass is 16.5. The van der Waals surface area contributed by atoms with Crippen molar-refractivity contribution in [3.63, 3.8) is 0 Å². The lowest BCUT2D eigenvalue weighted by Gasteiger charge is -2.44. The molecule has 1 aromatic carbocycles. The van der Waals surface area contributed by atoms with E-state index in [1.807, 2.05) is 32.5 Å². The molecule has 1 saturated heterocycles. The molecule has 0 aliphatic carbocycles.